The minimum absolute atomic E-state index is 0.372. The third kappa shape index (κ3) is 12.4. The van der Waals surface area contributed by atoms with Crippen molar-refractivity contribution < 1.29 is 0 Å². The molecule has 4 unspecified atom stereocenters. The van der Waals surface area contributed by atoms with Gasteiger partial charge in [0.15, 0.2) is 0 Å². The molecule has 0 spiro atoms. The van der Waals surface area contributed by atoms with Crippen molar-refractivity contribution in [3.8, 4) is 0 Å². The summed E-state index contributed by atoms with van der Waals surface area (Å²) in [6, 6.07) is 0. The van der Waals surface area contributed by atoms with E-state index in [1.165, 1.54) is 39.3 Å². The van der Waals surface area contributed by atoms with Gasteiger partial charge >= 0.3 is 0 Å². The molecule has 0 amide bonds. The lowest BCUT2D eigenvalue weighted by atomic mass is 9.81. The van der Waals surface area contributed by atoms with E-state index < -0.39 is 0 Å². The van der Waals surface area contributed by atoms with Crippen LogP contribution in [0.15, 0.2) is 0 Å². The van der Waals surface area contributed by atoms with Gasteiger partial charge in [-0.05, 0) is 46.8 Å². The molecule has 0 aliphatic carbocycles. The van der Waals surface area contributed by atoms with E-state index >= 15 is 0 Å². The van der Waals surface area contributed by atoms with Crippen LogP contribution in [0.3, 0.4) is 0 Å². The fourth-order valence-electron chi connectivity index (χ4n) is 3.31. The van der Waals surface area contributed by atoms with Crippen molar-refractivity contribution in [3.05, 3.63) is 0 Å². The highest BCUT2D eigenvalue weighted by Crippen LogP contribution is 2.27. The van der Waals surface area contributed by atoms with Crippen LogP contribution in [0.5, 0.6) is 0 Å². The van der Waals surface area contributed by atoms with Gasteiger partial charge in [-0.25, -0.2) is 0 Å². The summed E-state index contributed by atoms with van der Waals surface area (Å²) in [4.78, 5) is 5.54. The Labute approximate surface area is 186 Å². The Morgan fingerprint density at radius 1 is 0.483 bits per heavy atom. The van der Waals surface area contributed by atoms with Crippen LogP contribution in [0.1, 0.15) is 90.0 Å². The standard InChI is InChI=1S/C27H58N2/c1-20(2)23(7)16-28(17-24(8)21(3)4)14-15-29(18-25(9)22(5)6)19-26(10)27(11,12)13/h20-26H,14-19H2,1-13H3. The molecule has 176 valence electrons. The van der Waals surface area contributed by atoms with Gasteiger partial charge in [-0.2, -0.15) is 0 Å². The largest absolute Gasteiger partial charge is 0.302 e. The molecule has 0 bridgehead atoms. The lowest BCUT2D eigenvalue weighted by Crippen LogP contribution is -2.44. The summed E-state index contributed by atoms with van der Waals surface area (Å²) in [6.07, 6.45) is 0. The Balaban J connectivity index is 5.18. The SMILES string of the molecule is CC(C)C(C)CN(CCN(CC(C)C(C)C)CC(C)C(C)(C)C)CC(C)C(C)C. The molecule has 0 aliphatic rings. The monoisotopic (exact) mass is 410 g/mol. The van der Waals surface area contributed by atoms with Gasteiger partial charge < -0.3 is 9.80 Å². The van der Waals surface area contributed by atoms with Gasteiger partial charge in [0.05, 0.1) is 0 Å². The van der Waals surface area contributed by atoms with Crippen LogP contribution in [0.2, 0.25) is 0 Å². The minimum Gasteiger partial charge on any atom is -0.302 e. The Bertz CT molecular complexity index is 391. The highest BCUT2D eigenvalue weighted by molar-refractivity contribution is 4.77. The Hall–Kier alpha value is -0.0800. The molecular weight excluding hydrogens is 352 g/mol. The Kier molecular flexibility index (Phi) is 13.3. The van der Waals surface area contributed by atoms with Crippen molar-refractivity contribution >= 4 is 0 Å². The molecular formula is C27H58N2. The summed E-state index contributed by atoms with van der Waals surface area (Å²) in [5, 5.41) is 0. The molecule has 0 aromatic heterocycles. The lowest BCUT2D eigenvalue weighted by Gasteiger charge is -2.37. The van der Waals surface area contributed by atoms with Crippen LogP contribution in [0.4, 0.5) is 0 Å². The number of rotatable bonds is 14. The highest BCUT2D eigenvalue weighted by Gasteiger charge is 2.25. The number of hydrogen-bond donors (Lipinski definition) is 0. The van der Waals surface area contributed by atoms with Crippen LogP contribution in [0, 0.1) is 46.8 Å². The summed E-state index contributed by atoms with van der Waals surface area (Å²) in [7, 11) is 0. The Morgan fingerprint density at radius 2 is 0.759 bits per heavy atom. The molecule has 0 N–H and O–H groups in total. The summed E-state index contributed by atoms with van der Waals surface area (Å²) >= 11 is 0. The zero-order valence-electron chi connectivity index (χ0n) is 22.7. The summed E-state index contributed by atoms with van der Waals surface area (Å²) < 4.78 is 0. The van der Waals surface area contributed by atoms with Gasteiger partial charge in [0, 0.05) is 39.3 Å². The molecule has 0 radical (unpaired) electrons. The van der Waals surface area contributed by atoms with E-state index in [4.69, 9.17) is 0 Å². The topological polar surface area (TPSA) is 6.48 Å². The molecule has 0 heterocycles. The van der Waals surface area contributed by atoms with Crippen LogP contribution < -0.4 is 0 Å². The first-order valence-electron chi connectivity index (χ1n) is 12.6. The summed E-state index contributed by atoms with van der Waals surface area (Å²) in [5.74, 6) is 5.23. The van der Waals surface area contributed by atoms with Crippen molar-refractivity contribution in [1.29, 1.82) is 0 Å². The fourth-order valence-corrected chi connectivity index (χ4v) is 3.31. The maximum atomic E-state index is 2.77. The third-order valence-electron chi connectivity index (χ3n) is 7.80. The second-order valence-electron chi connectivity index (χ2n) is 12.5. The average Bonchev–Trinajstić information content (AvgIpc) is 2.57. The van der Waals surface area contributed by atoms with Crippen molar-refractivity contribution in [3.63, 3.8) is 0 Å². The smallest absolute Gasteiger partial charge is 0.0110 e. The van der Waals surface area contributed by atoms with E-state index in [0.29, 0.717) is 11.3 Å². The molecule has 2 heteroatoms. The van der Waals surface area contributed by atoms with Crippen molar-refractivity contribution in [1.82, 2.24) is 9.80 Å². The molecule has 0 saturated carbocycles. The maximum Gasteiger partial charge on any atom is 0.0110 e. The number of hydrogen-bond acceptors (Lipinski definition) is 2. The van der Waals surface area contributed by atoms with Crippen LogP contribution in [-0.2, 0) is 0 Å². The molecule has 0 aromatic rings. The Morgan fingerprint density at radius 3 is 1.00 bits per heavy atom. The molecule has 0 saturated heterocycles. The van der Waals surface area contributed by atoms with E-state index in [0.717, 1.165) is 35.5 Å². The van der Waals surface area contributed by atoms with Crippen molar-refractivity contribution in [2.45, 2.75) is 90.0 Å². The van der Waals surface area contributed by atoms with Crippen LogP contribution >= 0.6 is 0 Å². The fraction of sp³-hybridized carbons (Fsp3) is 1.00. The van der Waals surface area contributed by atoms with Gasteiger partial charge in [0.25, 0.3) is 0 Å². The molecule has 0 aliphatic heterocycles. The average molecular weight is 411 g/mol. The second kappa shape index (κ2) is 13.4. The third-order valence-corrected chi connectivity index (χ3v) is 7.80. The molecule has 4 atom stereocenters. The molecule has 0 fully saturated rings. The van der Waals surface area contributed by atoms with Gasteiger partial charge in [-0.3, -0.25) is 0 Å². The van der Waals surface area contributed by atoms with Gasteiger partial charge in [0.1, 0.15) is 0 Å². The summed E-state index contributed by atoms with van der Waals surface area (Å²) in [6.45, 7) is 38.4. The molecule has 29 heavy (non-hydrogen) atoms. The molecule has 2 nitrogen and oxygen atoms in total. The van der Waals surface area contributed by atoms with E-state index in [-0.39, 0.29) is 0 Å². The first kappa shape index (κ1) is 28.9. The normalized spacial score (nSPS) is 17.6. The number of nitrogens with zero attached hydrogens (tertiary/aromatic N) is 2. The zero-order valence-corrected chi connectivity index (χ0v) is 22.7. The van der Waals surface area contributed by atoms with E-state index in [1.54, 1.807) is 0 Å². The lowest BCUT2D eigenvalue weighted by molar-refractivity contribution is 0.107. The van der Waals surface area contributed by atoms with Gasteiger partial charge in [-0.15, -0.1) is 0 Å². The first-order valence-corrected chi connectivity index (χ1v) is 12.6. The van der Waals surface area contributed by atoms with Gasteiger partial charge in [0.2, 0.25) is 0 Å². The predicted molar refractivity (Wildman–Crippen MR) is 134 cm³/mol. The zero-order chi connectivity index (χ0) is 22.9. The molecule has 0 aromatic carbocycles. The van der Waals surface area contributed by atoms with Crippen LogP contribution in [0.25, 0.3) is 0 Å². The van der Waals surface area contributed by atoms with Crippen molar-refractivity contribution in [2.75, 3.05) is 39.3 Å². The highest BCUT2D eigenvalue weighted by atomic mass is 15.2. The minimum atomic E-state index is 0.372. The summed E-state index contributed by atoms with van der Waals surface area (Å²) in [5.41, 5.74) is 0.372. The van der Waals surface area contributed by atoms with Crippen molar-refractivity contribution in [2.24, 2.45) is 46.8 Å². The maximum absolute atomic E-state index is 2.77. The van der Waals surface area contributed by atoms with Gasteiger partial charge in [-0.1, -0.05) is 90.0 Å². The molecule has 0 rings (SSSR count). The van der Waals surface area contributed by atoms with E-state index in [2.05, 4.69) is 99.8 Å². The van der Waals surface area contributed by atoms with Crippen LogP contribution in [-0.4, -0.2) is 49.1 Å². The second-order valence-corrected chi connectivity index (χ2v) is 12.5. The quantitative estimate of drug-likeness (QED) is 0.300. The predicted octanol–water partition coefficient (Wildman–Crippen LogP) is 7.15. The van der Waals surface area contributed by atoms with E-state index in [9.17, 15) is 0 Å². The van der Waals surface area contributed by atoms with E-state index in [1.807, 2.05) is 0 Å². The first-order chi connectivity index (χ1) is 13.1.